The highest BCUT2D eigenvalue weighted by atomic mass is 19.4. The second-order valence-corrected chi connectivity index (χ2v) is 5.95. The third-order valence-corrected chi connectivity index (χ3v) is 4.38. The Kier molecular flexibility index (Phi) is 4.22. The zero-order valence-electron chi connectivity index (χ0n) is 11.0. The number of likely N-dealkylation sites (tertiary alicyclic amines) is 1. The Morgan fingerprint density at radius 3 is 2.06 bits per heavy atom. The van der Waals surface area contributed by atoms with Crippen LogP contribution in [0.25, 0.3) is 0 Å². The summed E-state index contributed by atoms with van der Waals surface area (Å²) < 4.78 is 40.0. The van der Waals surface area contributed by atoms with Crippen molar-refractivity contribution in [1.29, 1.82) is 0 Å². The molecule has 2 rings (SSSR count). The van der Waals surface area contributed by atoms with Crippen LogP contribution in [0.1, 0.15) is 39.5 Å². The van der Waals surface area contributed by atoms with Crippen molar-refractivity contribution in [3.63, 3.8) is 0 Å². The smallest absolute Gasteiger partial charge is 0.295 e. The van der Waals surface area contributed by atoms with Gasteiger partial charge in [-0.15, -0.1) is 13.2 Å². The van der Waals surface area contributed by atoms with Gasteiger partial charge in [-0.3, -0.25) is 9.64 Å². The molecule has 0 aromatic rings. The lowest BCUT2D eigenvalue weighted by Gasteiger charge is -2.46. The van der Waals surface area contributed by atoms with Gasteiger partial charge in [-0.1, -0.05) is 13.8 Å². The predicted molar refractivity (Wildman–Crippen MR) is 63.1 cm³/mol. The minimum Gasteiger partial charge on any atom is -0.295 e. The molecule has 5 heteroatoms. The van der Waals surface area contributed by atoms with Crippen LogP contribution < -0.4 is 0 Å². The predicted octanol–water partition coefficient (Wildman–Crippen LogP) is 3.42. The van der Waals surface area contributed by atoms with E-state index in [1.54, 1.807) is 0 Å². The number of hydrogen-bond acceptors (Lipinski definition) is 2. The zero-order chi connectivity index (χ0) is 13.3. The number of ether oxygens (including phenoxy) is 1. The molecule has 2 fully saturated rings. The fraction of sp³-hybridized carbons (Fsp3) is 1.00. The van der Waals surface area contributed by atoms with Crippen LogP contribution in [-0.2, 0) is 4.74 Å². The fourth-order valence-corrected chi connectivity index (χ4v) is 3.16. The lowest BCUT2D eigenvalue weighted by atomic mass is 9.78. The molecule has 106 valence electrons. The molecular weight excluding hydrogens is 243 g/mol. The molecule has 2 aliphatic rings. The molecule has 18 heavy (non-hydrogen) atoms. The molecule has 1 aliphatic heterocycles. The van der Waals surface area contributed by atoms with Crippen LogP contribution in [0.3, 0.4) is 0 Å². The second-order valence-electron chi connectivity index (χ2n) is 5.95. The van der Waals surface area contributed by atoms with Crippen LogP contribution >= 0.6 is 0 Å². The number of nitrogens with zero attached hydrogens (tertiary/aromatic N) is 1. The van der Waals surface area contributed by atoms with E-state index in [0.717, 1.165) is 24.7 Å². The molecule has 0 N–H and O–H groups in total. The van der Waals surface area contributed by atoms with Gasteiger partial charge in [0, 0.05) is 19.1 Å². The Hall–Kier alpha value is -0.290. The molecule has 0 unspecified atom stereocenters. The third kappa shape index (κ3) is 3.60. The first-order chi connectivity index (χ1) is 8.35. The van der Waals surface area contributed by atoms with Crippen molar-refractivity contribution in [2.75, 3.05) is 13.1 Å². The Labute approximate surface area is 106 Å². The van der Waals surface area contributed by atoms with E-state index in [-0.39, 0.29) is 0 Å². The quantitative estimate of drug-likeness (QED) is 0.775. The van der Waals surface area contributed by atoms with Crippen LogP contribution in [0.4, 0.5) is 13.2 Å². The standard InChI is InChI=1S/C13H22F3NO/c1-9(2)10-3-5-11(6-4-10)17-7-12(8-17)18-13(14,15)16/h9-12H,3-8H2,1-2H3. The van der Waals surface area contributed by atoms with E-state index in [1.807, 2.05) is 0 Å². The highest BCUT2D eigenvalue weighted by Crippen LogP contribution is 2.35. The van der Waals surface area contributed by atoms with Gasteiger partial charge in [-0.2, -0.15) is 0 Å². The fourth-order valence-electron chi connectivity index (χ4n) is 3.16. The van der Waals surface area contributed by atoms with Gasteiger partial charge in [0.2, 0.25) is 0 Å². The van der Waals surface area contributed by atoms with Crippen molar-refractivity contribution in [2.24, 2.45) is 11.8 Å². The monoisotopic (exact) mass is 265 g/mol. The largest absolute Gasteiger partial charge is 0.522 e. The molecule has 1 aliphatic carbocycles. The normalized spacial score (nSPS) is 31.7. The minimum absolute atomic E-state index is 0.441. The van der Waals surface area contributed by atoms with Crippen molar-refractivity contribution < 1.29 is 17.9 Å². The Bertz CT molecular complexity index is 266. The van der Waals surface area contributed by atoms with E-state index in [0.29, 0.717) is 19.1 Å². The van der Waals surface area contributed by atoms with Crippen LogP contribution in [0, 0.1) is 11.8 Å². The van der Waals surface area contributed by atoms with Crippen molar-refractivity contribution >= 4 is 0 Å². The summed E-state index contributed by atoms with van der Waals surface area (Å²) in [6, 6.07) is 0.480. The van der Waals surface area contributed by atoms with Crippen LogP contribution in [0.2, 0.25) is 0 Å². The Morgan fingerprint density at radius 1 is 1.06 bits per heavy atom. The summed E-state index contributed by atoms with van der Waals surface area (Å²) in [4.78, 5) is 2.15. The molecule has 0 bridgehead atoms. The second kappa shape index (κ2) is 5.37. The molecule has 0 aromatic carbocycles. The summed E-state index contributed by atoms with van der Waals surface area (Å²) in [6.07, 6.45) is -0.449. The Balaban J connectivity index is 1.68. The van der Waals surface area contributed by atoms with E-state index in [1.165, 1.54) is 12.8 Å². The molecule has 1 saturated heterocycles. The van der Waals surface area contributed by atoms with E-state index >= 15 is 0 Å². The summed E-state index contributed by atoms with van der Waals surface area (Å²) in [5.41, 5.74) is 0. The van der Waals surface area contributed by atoms with Gasteiger partial charge in [0.05, 0.1) is 6.10 Å². The van der Waals surface area contributed by atoms with E-state index in [2.05, 4.69) is 23.5 Å². The van der Waals surface area contributed by atoms with Crippen LogP contribution in [0.15, 0.2) is 0 Å². The summed E-state index contributed by atoms with van der Waals surface area (Å²) in [5.74, 6) is 1.52. The van der Waals surface area contributed by atoms with Gasteiger partial charge < -0.3 is 0 Å². The van der Waals surface area contributed by atoms with E-state index < -0.39 is 12.5 Å². The average Bonchev–Trinajstić information content (AvgIpc) is 2.22. The van der Waals surface area contributed by atoms with Gasteiger partial charge >= 0.3 is 6.36 Å². The van der Waals surface area contributed by atoms with Crippen molar-refractivity contribution in [3.05, 3.63) is 0 Å². The molecule has 0 aromatic heterocycles. The third-order valence-electron chi connectivity index (χ3n) is 4.38. The van der Waals surface area contributed by atoms with Crippen LogP contribution in [0.5, 0.6) is 0 Å². The number of hydrogen-bond donors (Lipinski definition) is 0. The zero-order valence-corrected chi connectivity index (χ0v) is 11.0. The lowest BCUT2D eigenvalue weighted by Crippen LogP contribution is -2.58. The summed E-state index contributed by atoms with van der Waals surface area (Å²) >= 11 is 0. The van der Waals surface area contributed by atoms with E-state index in [9.17, 15) is 13.2 Å². The highest BCUT2D eigenvalue weighted by molar-refractivity contribution is 4.89. The molecule has 1 heterocycles. The van der Waals surface area contributed by atoms with Gasteiger partial charge in [0.1, 0.15) is 0 Å². The molecule has 0 spiro atoms. The molecule has 1 saturated carbocycles. The summed E-state index contributed by atoms with van der Waals surface area (Å²) in [7, 11) is 0. The molecule has 0 amide bonds. The molecule has 0 radical (unpaired) electrons. The van der Waals surface area contributed by atoms with Gasteiger partial charge in [-0.05, 0) is 37.5 Å². The van der Waals surface area contributed by atoms with Crippen molar-refractivity contribution in [3.8, 4) is 0 Å². The molecule has 0 atom stereocenters. The van der Waals surface area contributed by atoms with E-state index in [4.69, 9.17) is 0 Å². The van der Waals surface area contributed by atoms with Crippen LogP contribution in [-0.4, -0.2) is 36.5 Å². The maximum Gasteiger partial charge on any atom is 0.522 e. The highest BCUT2D eigenvalue weighted by Gasteiger charge is 2.41. The molecular formula is C13H22F3NO. The first-order valence-corrected chi connectivity index (χ1v) is 6.83. The number of halogens is 3. The minimum atomic E-state index is -4.48. The molecule has 2 nitrogen and oxygen atoms in total. The average molecular weight is 265 g/mol. The number of alkyl halides is 3. The lowest BCUT2D eigenvalue weighted by molar-refractivity contribution is -0.356. The van der Waals surface area contributed by atoms with Crippen molar-refractivity contribution in [1.82, 2.24) is 4.90 Å². The first-order valence-electron chi connectivity index (χ1n) is 6.83. The topological polar surface area (TPSA) is 12.5 Å². The number of rotatable bonds is 3. The first kappa shape index (κ1) is 14.1. The summed E-state index contributed by atoms with van der Waals surface area (Å²) in [5, 5.41) is 0. The summed E-state index contributed by atoms with van der Waals surface area (Å²) in [6.45, 7) is 5.39. The van der Waals surface area contributed by atoms with Gasteiger partial charge in [0.25, 0.3) is 0 Å². The van der Waals surface area contributed by atoms with Gasteiger partial charge in [0.15, 0.2) is 0 Å². The maximum atomic E-state index is 12.0. The van der Waals surface area contributed by atoms with Gasteiger partial charge in [-0.25, -0.2) is 0 Å². The SMILES string of the molecule is CC(C)C1CCC(N2CC(OC(F)(F)F)C2)CC1. The maximum absolute atomic E-state index is 12.0. The van der Waals surface area contributed by atoms with Crippen molar-refractivity contribution in [2.45, 2.75) is 58.0 Å². The Morgan fingerprint density at radius 2 is 1.61 bits per heavy atom.